The van der Waals surface area contributed by atoms with Crippen molar-refractivity contribution in [3.63, 3.8) is 0 Å². The third kappa shape index (κ3) is 3.72. The highest BCUT2D eigenvalue weighted by Gasteiger charge is 2.12. The minimum Gasteiger partial charge on any atom is -0.330 e. The minimum atomic E-state index is -0.814. The van der Waals surface area contributed by atoms with E-state index in [-0.39, 0.29) is 5.25 Å². The van der Waals surface area contributed by atoms with Crippen LogP contribution in [0.25, 0.3) is 0 Å². The standard InChI is InChI=1S/C13H21NOS/c1-10-4-5-11(2)13(8-10)9-16(15)12(3)6-7-14/h4-5,8,12H,6-7,9,14H2,1-3H3. The molecule has 3 heteroatoms. The Morgan fingerprint density at radius 1 is 1.38 bits per heavy atom. The van der Waals surface area contributed by atoms with Gasteiger partial charge in [-0.05, 0) is 37.9 Å². The molecule has 16 heavy (non-hydrogen) atoms. The summed E-state index contributed by atoms with van der Waals surface area (Å²) >= 11 is 0. The first-order valence-corrected chi connectivity index (χ1v) is 7.06. The number of hydrogen-bond acceptors (Lipinski definition) is 2. The fourth-order valence-electron chi connectivity index (χ4n) is 1.62. The molecule has 1 aromatic carbocycles. The van der Waals surface area contributed by atoms with Crippen molar-refractivity contribution in [3.8, 4) is 0 Å². The molecule has 0 aromatic heterocycles. The fourth-order valence-corrected chi connectivity index (χ4v) is 2.92. The van der Waals surface area contributed by atoms with Crippen molar-refractivity contribution in [1.29, 1.82) is 0 Å². The Labute approximate surface area is 101 Å². The van der Waals surface area contributed by atoms with Crippen molar-refractivity contribution >= 4 is 10.8 Å². The van der Waals surface area contributed by atoms with E-state index in [1.54, 1.807) is 0 Å². The summed E-state index contributed by atoms with van der Waals surface area (Å²) in [6, 6.07) is 6.31. The second kappa shape index (κ2) is 6.16. The summed E-state index contributed by atoms with van der Waals surface area (Å²) in [6.07, 6.45) is 0.831. The minimum absolute atomic E-state index is 0.185. The van der Waals surface area contributed by atoms with Crippen LogP contribution in [0.15, 0.2) is 18.2 Å². The zero-order chi connectivity index (χ0) is 12.1. The molecule has 90 valence electrons. The van der Waals surface area contributed by atoms with Crippen LogP contribution in [0.1, 0.15) is 30.0 Å². The molecular weight excluding hydrogens is 218 g/mol. The molecule has 1 rings (SSSR count). The van der Waals surface area contributed by atoms with E-state index in [2.05, 4.69) is 32.0 Å². The summed E-state index contributed by atoms with van der Waals surface area (Å²) in [5.74, 6) is 0.647. The van der Waals surface area contributed by atoms with Gasteiger partial charge in [-0.2, -0.15) is 0 Å². The average Bonchev–Trinajstić information content (AvgIpc) is 2.23. The van der Waals surface area contributed by atoms with E-state index in [1.807, 2.05) is 6.92 Å². The number of aryl methyl sites for hydroxylation is 2. The molecule has 0 aliphatic rings. The average molecular weight is 239 g/mol. The lowest BCUT2D eigenvalue weighted by Gasteiger charge is -2.12. The summed E-state index contributed by atoms with van der Waals surface area (Å²) < 4.78 is 12.0. The number of rotatable bonds is 5. The van der Waals surface area contributed by atoms with Gasteiger partial charge in [0, 0.05) is 21.8 Å². The lowest BCUT2D eigenvalue weighted by atomic mass is 10.1. The molecule has 0 aliphatic carbocycles. The van der Waals surface area contributed by atoms with Crippen molar-refractivity contribution in [1.82, 2.24) is 0 Å². The quantitative estimate of drug-likeness (QED) is 0.856. The van der Waals surface area contributed by atoms with E-state index in [1.165, 1.54) is 16.7 Å². The normalized spacial score (nSPS) is 14.8. The first kappa shape index (κ1) is 13.4. The van der Waals surface area contributed by atoms with E-state index in [0.717, 1.165) is 6.42 Å². The molecule has 0 radical (unpaired) electrons. The van der Waals surface area contributed by atoms with Crippen LogP contribution in [0.5, 0.6) is 0 Å². The van der Waals surface area contributed by atoms with Crippen molar-refractivity contribution in [2.75, 3.05) is 6.54 Å². The van der Waals surface area contributed by atoms with Gasteiger partial charge in [0.2, 0.25) is 0 Å². The molecule has 0 heterocycles. The summed E-state index contributed by atoms with van der Waals surface area (Å²) in [4.78, 5) is 0. The Morgan fingerprint density at radius 2 is 2.06 bits per heavy atom. The predicted molar refractivity (Wildman–Crippen MR) is 70.9 cm³/mol. The monoisotopic (exact) mass is 239 g/mol. The lowest BCUT2D eigenvalue weighted by Crippen LogP contribution is -2.17. The van der Waals surface area contributed by atoms with Crippen LogP contribution in [0.3, 0.4) is 0 Å². The Hall–Kier alpha value is -0.670. The molecule has 0 saturated heterocycles. The van der Waals surface area contributed by atoms with Gasteiger partial charge in [-0.25, -0.2) is 0 Å². The maximum atomic E-state index is 12.0. The van der Waals surface area contributed by atoms with Crippen LogP contribution < -0.4 is 5.73 Å². The fraction of sp³-hybridized carbons (Fsp3) is 0.538. The highest BCUT2D eigenvalue weighted by Crippen LogP contribution is 2.15. The largest absolute Gasteiger partial charge is 0.330 e. The smallest absolute Gasteiger partial charge is 0.0491 e. The zero-order valence-electron chi connectivity index (χ0n) is 10.3. The van der Waals surface area contributed by atoms with Gasteiger partial charge in [0.05, 0.1) is 0 Å². The van der Waals surface area contributed by atoms with Crippen molar-refractivity contribution < 1.29 is 4.21 Å². The van der Waals surface area contributed by atoms with E-state index in [0.29, 0.717) is 12.3 Å². The maximum Gasteiger partial charge on any atom is 0.0491 e. The molecule has 2 nitrogen and oxygen atoms in total. The van der Waals surface area contributed by atoms with E-state index in [9.17, 15) is 4.21 Å². The van der Waals surface area contributed by atoms with E-state index >= 15 is 0 Å². The second-order valence-electron chi connectivity index (χ2n) is 4.34. The highest BCUT2D eigenvalue weighted by atomic mass is 32.2. The summed E-state index contributed by atoms with van der Waals surface area (Å²) in [5, 5.41) is 0.185. The van der Waals surface area contributed by atoms with Crippen LogP contribution in [-0.4, -0.2) is 16.0 Å². The first-order valence-electron chi connectivity index (χ1n) is 5.68. The van der Waals surface area contributed by atoms with Crippen LogP contribution in [-0.2, 0) is 16.6 Å². The molecule has 2 atom stereocenters. The summed E-state index contributed by atoms with van der Waals surface area (Å²) in [7, 11) is -0.814. The molecule has 0 saturated carbocycles. The van der Waals surface area contributed by atoms with Crippen molar-refractivity contribution in [3.05, 3.63) is 34.9 Å². The SMILES string of the molecule is Cc1ccc(C)c(CS(=O)C(C)CCN)c1. The van der Waals surface area contributed by atoms with Gasteiger partial charge in [0.25, 0.3) is 0 Å². The van der Waals surface area contributed by atoms with Gasteiger partial charge in [-0.15, -0.1) is 0 Å². The zero-order valence-corrected chi connectivity index (χ0v) is 11.1. The molecule has 2 N–H and O–H groups in total. The van der Waals surface area contributed by atoms with Gasteiger partial charge in [0.1, 0.15) is 0 Å². The van der Waals surface area contributed by atoms with Gasteiger partial charge in [0.15, 0.2) is 0 Å². The molecular formula is C13H21NOS. The Bertz CT molecular complexity index is 376. The van der Waals surface area contributed by atoms with Crippen LogP contribution in [0, 0.1) is 13.8 Å². The molecule has 0 bridgehead atoms. The van der Waals surface area contributed by atoms with Crippen molar-refractivity contribution in [2.45, 2.75) is 38.2 Å². The molecule has 0 amide bonds. The van der Waals surface area contributed by atoms with E-state index in [4.69, 9.17) is 5.73 Å². The molecule has 1 aromatic rings. The summed E-state index contributed by atoms with van der Waals surface area (Å²) in [5.41, 5.74) is 9.12. The third-order valence-electron chi connectivity index (χ3n) is 2.82. The maximum absolute atomic E-state index is 12.0. The number of hydrogen-bond donors (Lipinski definition) is 1. The Balaban J connectivity index is 2.72. The van der Waals surface area contributed by atoms with Crippen LogP contribution in [0.2, 0.25) is 0 Å². The molecule has 2 unspecified atom stereocenters. The predicted octanol–water partition coefficient (Wildman–Crippen LogP) is 2.29. The lowest BCUT2D eigenvalue weighted by molar-refractivity contribution is 0.665. The van der Waals surface area contributed by atoms with Gasteiger partial charge in [-0.1, -0.05) is 30.7 Å². The first-order chi connectivity index (χ1) is 7.54. The summed E-state index contributed by atoms with van der Waals surface area (Å²) in [6.45, 7) is 6.75. The molecule has 0 fully saturated rings. The Kier molecular flexibility index (Phi) is 5.16. The highest BCUT2D eigenvalue weighted by molar-refractivity contribution is 7.84. The number of nitrogens with two attached hydrogens (primary N) is 1. The van der Waals surface area contributed by atoms with Gasteiger partial charge in [-0.3, -0.25) is 4.21 Å². The van der Waals surface area contributed by atoms with Gasteiger partial charge >= 0.3 is 0 Å². The third-order valence-corrected chi connectivity index (χ3v) is 4.55. The van der Waals surface area contributed by atoms with Crippen LogP contribution in [0.4, 0.5) is 0 Å². The molecule has 0 aliphatic heterocycles. The van der Waals surface area contributed by atoms with E-state index < -0.39 is 10.8 Å². The molecule has 0 spiro atoms. The van der Waals surface area contributed by atoms with Crippen molar-refractivity contribution in [2.24, 2.45) is 5.73 Å². The second-order valence-corrected chi connectivity index (χ2v) is 6.20. The number of benzene rings is 1. The van der Waals surface area contributed by atoms with Gasteiger partial charge < -0.3 is 5.73 Å². The topological polar surface area (TPSA) is 43.1 Å². The Morgan fingerprint density at radius 3 is 2.69 bits per heavy atom. The van der Waals surface area contributed by atoms with Crippen LogP contribution >= 0.6 is 0 Å².